The third kappa shape index (κ3) is 2.73. The van der Waals surface area contributed by atoms with Gasteiger partial charge in [0.1, 0.15) is 10.7 Å². The average molecular weight is 267 g/mol. The molecule has 0 saturated heterocycles. The van der Waals surface area contributed by atoms with Crippen LogP contribution in [0.4, 0.5) is 0 Å². The molecule has 0 saturated carbocycles. The van der Waals surface area contributed by atoms with Gasteiger partial charge in [0, 0.05) is 16.3 Å². The van der Waals surface area contributed by atoms with Gasteiger partial charge in [0.15, 0.2) is 0 Å². The van der Waals surface area contributed by atoms with Crippen molar-refractivity contribution in [3.63, 3.8) is 0 Å². The van der Waals surface area contributed by atoms with E-state index in [9.17, 15) is 0 Å². The van der Waals surface area contributed by atoms with Crippen LogP contribution in [0.15, 0.2) is 5.38 Å². The van der Waals surface area contributed by atoms with Crippen LogP contribution < -0.4 is 5.32 Å². The van der Waals surface area contributed by atoms with E-state index in [-0.39, 0.29) is 0 Å². The van der Waals surface area contributed by atoms with Crippen molar-refractivity contribution < 1.29 is 0 Å². The summed E-state index contributed by atoms with van der Waals surface area (Å²) in [5, 5.41) is 7.63. The van der Waals surface area contributed by atoms with E-state index in [0.29, 0.717) is 6.04 Å². The van der Waals surface area contributed by atoms with Crippen LogP contribution in [0.1, 0.15) is 35.5 Å². The Morgan fingerprint density at radius 1 is 1.35 bits per heavy atom. The second-order valence-electron chi connectivity index (χ2n) is 4.00. The van der Waals surface area contributed by atoms with Crippen LogP contribution in [0.25, 0.3) is 10.7 Å². The monoisotopic (exact) mass is 267 g/mol. The quantitative estimate of drug-likeness (QED) is 0.920. The third-order valence-electron chi connectivity index (χ3n) is 2.57. The molecule has 1 atom stereocenters. The van der Waals surface area contributed by atoms with E-state index in [1.54, 1.807) is 22.7 Å². The van der Waals surface area contributed by atoms with Crippen LogP contribution >= 0.6 is 22.7 Å². The van der Waals surface area contributed by atoms with Crippen LogP contribution in [0.2, 0.25) is 0 Å². The molecule has 92 valence electrons. The minimum absolute atomic E-state index is 0.367. The zero-order valence-corrected chi connectivity index (χ0v) is 12.2. The highest BCUT2D eigenvalue weighted by atomic mass is 32.1. The molecule has 5 heteroatoms. The number of aryl methyl sites for hydroxylation is 2. The van der Waals surface area contributed by atoms with E-state index in [2.05, 4.69) is 41.4 Å². The normalized spacial score (nSPS) is 12.9. The molecule has 17 heavy (non-hydrogen) atoms. The molecular formula is C12H17N3S2. The van der Waals surface area contributed by atoms with Gasteiger partial charge in [-0.3, -0.25) is 0 Å². The minimum atomic E-state index is 0.367. The molecule has 1 N–H and O–H groups in total. The van der Waals surface area contributed by atoms with Crippen LogP contribution in [0.5, 0.6) is 0 Å². The smallest absolute Gasteiger partial charge is 0.143 e. The summed E-state index contributed by atoms with van der Waals surface area (Å²) in [5.41, 5.74) is 2.12. The average Bonchev–Trinajstić information content (AvgIpc) is 2.85. The zero-order valence-electron chi connectivity index (χ0n) is 10.6. The lowest BCUT2D eigenvalue weighted by Gasteiger charge is -2.09. The summed E-state index contributed by atoms with van der Waals surface area (Å²) in [6.07, 6.45) is 0. The Labute approximate surface area is 110 Å². The van der Waals surface area contributed by atoms with Crippen LogP contribution in [-0.4, -0.2) is 16.5 Å². The van der Waals surface area contributed by atoms with Crippen molar-refractivity contribution in [2.45, 2.75) is 33.7 Å². The van der Waals surface area contributed by atoms with Gasteiger partial charge in [-0.2, -0.15) is 0 Å². The molecule has 0 fully saturated rings. The second-order valence-corrected chi connectivity index (χ2v) is 6.09. The molecule has 2 aromatic heterocycles. The summed E-state index contributed by atoms with van der Waals surface area (Å²) < 4.78 is 0. The highest BCUT2D eigenvalue weighted by Gasteiger charge is 2.15. The number of aromatic nitrogens is 2. The second kappa shape index (κ2) is 5.25. The number of hydrogen-bond donors (Lipinski definition) is 1. The topological polar surface area (TPSA) is 37.8 Å². The van der Waals surface area contributed by atoms with Crippen LogP contribution in [0.3, 0.4) is 0 Å². The standard InChI is InChI=1S/C12H17N3S2/c1-5-13-7(2)11-8(3)14-12(17-11)10-6-16-9(4)15-10/h6-7,13H,5H2,1-4H3. The molecule has 0 radical (unpaired) electrons. The highest BCUT2D eigenvalue weighted by molar-refractivity contribution is 7.15. The first-order chi connectivity index (χ1) is 8.11. The lowest BCUT2D eigenvalue weighted by molar-refractivity contribution is 0.603. The van der Waals surface area contributed by atoms with Crippen molar-refractivity contribution in [1.82, 2.24) is 15.3 Å². The fourth-order valence-corrected chi connectivity index (χ4v) is 3.51. The Balaban J connectivity index is 2.30. The molecule has 0 aromatic carbocycles. The largest absolute Gasteiger partial charge is 0.310 e. The van der Waals surface area contributed by atoms with Crippen molar-refractivity contribution in [2.24, 2.45) is 0 Å². The SMILES string of the molecule is CCNC(C)c1sc(-c2csc(C)n2)nc1C. The summed E-state index contributed by atoms with van der Waals surface area (Å²) in [4.78, 5) is 10.4. The maximum absolute atomic E-state index is 4.62. The first-order valence-corrected chi connectivity index (χ1v) is 7.44. The van der Waals surface area contributed by atoms with Gasteiger partial charge in [-0.15, -0.1) is 22.7 Å². The van der Waals surface area contributed by atoms with E-state index in [1.807, 2.05) is 6.92 Å². The third-order valence-corrected chi connectivity index (χ3v) is 4.71. The number of nitrogens with one attached hydrogen (secondary N) is 1. The fraction of sp³-hybridized carbons (Fsp3) is 0.500. The first kappa shape index (κ1) is 12.7. The van der Waals surface area contributed by atoms with Gasteiger partial charge in [-0.25, -0.2) is 9.97 Å². The summed E-state index contributed by atoms with van der Waals surface area (Å²) in [5.74, 6) is 0. The van der Waals surface area contributed by atoms with Crippen LogP contribution in [0, 0.1) is 13.8 Å². The van der Waals surface area contributed by atoms with Gasteiger partial charge >= 0.3 is 0 Å². The maximum atomic E-state index is 4.62. The Bertz CT molecular complexity index is 502. The molecule has 0 spiro atoms. The number of thiazole rings is 2. The highest BCUT2D eigenvalue weighted by Crippen LogP contribution is 2.32. The van der Waals surface area contributed by atoms with E-state index < -0.39 is 0 Å². The van der Waals surface area contributed by atoms with E-state index in [4.69, 9.17) is 0 Å². The van der Waals surface area contributed by atoms with E-state index in [0.717, 1.165) is 27.9 Å². The molecule has 0 aliphatic carbocycles. The Hall–Kier alpha value is -0.780. The summed E-state index contributed by atoms with van der Waals surface area (Å²) in [6.45, 7) is 9.38. The predicted molar refractivity (Wildman–Crippen MR) is 74.8 cm³/mol. The molecule has 0 aliphatic heterocycles. The summed E-state index contributed by atoms with van der Waals surface area (Å²) in [7, 11) is 0. The molecular weight excluding hydrogens is 250 g/mol. The maximum Gasteiger partial charge on any atom is 0.143 e. The van der Waals surface area contributed by atoms with Crippen molar-refractivity contribution in [3.8, 4) is 10.7 Å². The molecule has 1 unspecified atom stereocenters. The van der Waals surface area contributed by atoms with Crippen molar-refractivity contribution >= 4 is 22.7 Å². The Morgan fingerprint density at radius 3 is 2.71 bits per heavy atom. The molecule has 2 aromatic rings. The van der Waals surface area contributed by atoms with Crippen molar-refractivity contribution in [1.29, 1.82) is 0 Å². The van der Waals surface area contributed by atoms with Gasteiger partial charge < -0.3 is 5.32 Å². The van der Waals surface area contributed by atoms with Crippen LogP contribution in [-0.2, 0) is 0 Å². The molecule has 0 amide bonds. The number of rotatable bonds is 4. The van der Waals surface area contributed by atoms with Gasteiger partial charge in [0.05, 0.1) is 10.7 Å². The number of hydrogen-bond acceptors (Lipinski definition) is 5. The van der Waals surface area contributed by atoms with E-state index in [1.165, 1.54) is 4.88 Å². The van der Waals surface area contributed by atoms with Gasteiger partial charge in [0.25, 0.3) is 0 Å². The lowest BCUT2D eigenvalue weighted by atomic mass is 10.2. The Kier molecular flexibility index (Phi) is 3.91. The van der Waals surface area contributed by atoms with Gasteiger partial charge in [-0.05, 0) is 27.3 Å². The summed E-state index contributed by atoms with van der Waals surface area (Å²) >= 11 is 3.42. The molecule has 2 rings (SSSR count). The lowest BCUT2D eigenvalue weighted by Crippen LogP contribution is -2.17. The molecule has 0 bridgehead atoms. The zero-order chi connectivity index (χ0) is 12.4. The van der Waals surface area contributed by atoms with Crippen molar-refractivity contribution in [2.75, 3.05) is 6.54 Å². The molecule has 3 nitrogen and oxygen atoms in total. The minimum Gasteiger partial charge on any atom is -0.310 e. The number of nitrogens with zero attached hydrogens (tertiary/aromatic N) is 2. The van der Waals surface area contributed by atoms with Crippen molar-refractivity contribution in [3.05, 3.63) is 21.0 Å². The first-order valence-electron chi connectivity index (χ1n) is 5.75. The fourth-order valence-electron chi connectivity index (χ4n) is 1.78. The van der Waals surface area contributed by atoms with Gasteiger partial charge in [0.2, 0.25) is 0 Å². The Morgan fingerprint density at radius 2 is 2.12 bits per heavy atom. The van der Waals surface area contributed by atoms with E-state index >= 15 is 0 Å². The predicted octanol–water partition coefficient (Wildman–Crippen LogP) is 3.55. The van der Waals surface area contributed by atoms with Gasteiger partial charge in [-0.1, -0.05) is 6.92 Å². The molecule has 0 aliphatic rings. The molecule has 2 heterocycles. The summed E-state index contributed by atoms with van der Waals surface area (Å²) in [6, 6.07) is 0.367.